The van der Waals surface area contributed by atoms with Crippen molar-refractivity contribution in [2.24, 2.45) is 5.41 Å². The number of alkyl halides is 4. The normalized spacial score (nSPS) is 15.7. The average molecular weight is 643 g/mol. The number of halogens is 4. The summed E-state index contributed by atoms with van der Waals surface area (Å²) < 4.78 is 61.2. The number of nitrogens with one attached hydrogen (secondary N) is 3. The molecule has 0 radical (unpaired) electrons. The first-order valence-corrected chi connectivity index (χ1v) is 14.4. The van der Waals surface area contributed by atoms with E-state index in [9.17, 15) is 36.7 Å². The van der Waals surface area contributed by atoms with Gasteiger partial charge in [0.15, 0.2) is 0 Å². The van der Waals surface area contributed by atoms with Gasteiger partial charge in [-0.05, 0) is 56.7 Å². The van der Waals surface area contributed by atoms with E-state index in [0.29, 0.717) is 16.1 Å². The van der Waals surface area contributed by atoms with Crippen molar-refractivity contribution in [3.05, 3.63) is 53.6 Å². The fourth-order valence-electron chi connectivity index (χ4n) is 3.68. The molecule has 0 spiro atoms. The van der Waals surface area contributed by atoms with Gasteiger partial charge in [0.2, 0.25) is 5.91 Å². The minimum absolute atomic E-state index is 0.105. The van der Waals surface area contributed by atoms with E-state index >= 15 is 0 Å². The fraction of sp³-hybridized carbons (Fsp3) is 0.448. The van der Waals surface area contributed by atoms with Gasteiger partial charge in [0.05, 0.1) is 12.2 Å². The Kier molecular flexibility index (Phi) is 10.4. The summed E-state index contributed by atoms with van der Waals surface area (Å²) >= 11 is 1.24. The molecule has 0 aromatic heterocycles. The Morgan fingerprint density at radius 1 is 1.00 bits per heavy atom. The summed E-state index contributed by atoms with van der Waals surface area (Å²) in [7, 11) is 0. The third-order valence-electron chi connectivity index (χ3n) is 5.92. The summed E-state index contributed by atoms with van der Waals surface area (Å²) in [6.07, 6.45) is -9.55. The number of hydrogen-bond donors (Lipinski definition) is 3. The van der Waals surface area contributed by atoms with Crippen LogP contribution >= 0.6 is 11.8 Å². The molecular formula is C29H34F4N4O6S. The van der Waals surface area contributed by atoms with E-state index in [4.69, 9.17) is 4.74 Å². The van der Waals surface area contributed by atoms with Crippen LogP contribution in [-0.2, 0) is 20.9 Å². The van der Waals surface area contributed by atoms with Crippen molar-refractivity contribution in [3.8, 4) is 5.75 Å². The molecule has 1 aliphatic heterocycles. The average Bonchev–Trinajstić information content (AvgIpc) is 3.02. The first-order chi connectivity index (χ1) is 20.3. The summed E-state index contributed by atoms with van der Waals surface area (Å²) in [5.74, 6) is -2.05. The Morgan fingerprint density at radius 2 is 1.64 bits per heavy atom. The van der Waals surface area contributed by atoms with Gasteiger partial charge in [0.1, 0.15) is 17.4 Å². The molecule has 15 heteroatoms. The van der Waals surface area contributed by atoms with E-state index in [1.54, 1.807) is 47.6 Å². The summed E-state index contributed by atoms with van der Waals surface area (Å²) in [6, 6.07) is 8.24. The summed E-state index contributed by atoms with van der Waals surface area (Å²) in [5, 5.41) is 2.57. The standard InChI is InChI=1S/C29H34F4N4O6S/c1-27(2,3)25(40)36-35-22(38)17-9-12-21-20(13-17)37(23(39)19(15-44-21)34-26(41)43-28(4,5)6)14-16-7-10-18(11-8-16)42-29(32,33)24(30)31/h7-13,19,24H,14-15H2,1-6H3,(H,34,41)(H,35,38)(H,36,40)/t19-/m0/s1. The zero-order valence-corrected chi connectivity index (χ0v) is 25.7. The first kappa shape index (κ1) is 34.5. The minimum atomic E-state index is -4.69. The van der Waals surface area contributed by atoms with Gasteiger partial charge in [-0.25, -0.2) is 4.79 Å². The van der Waals surface area contributed by atoms with Gasteiger partial charge in [-0.15, -0.1) is 11.8 Å². The number of nitrogens with zero attached hydrogens (tertiary/aromatic N) is 1. The lowest BCUT2D eigenvalue weighted by atomic mass is 9.96. The zero-order chi connectivity index (χ0) is 33.0. The molecule has 0 saturated carbocycles. The molecule has 240 valence electrons. The Bertz CT molecular complexity index is 1390. The highest BCUT2D eigenvalue weighted by Crippen LogP contribution is 2.37. The van der Waals surface area contributed by atoms with Gasteiger partial charge in [-0.1, -0.05) is 32.9 Å². The lowest BCUT2D eigenvalue weighted by Crippen LogP contribution is -2.50. The molecule has 4 amide bonds. The van der Waals surface area contributed by atoms with Gasteiger partial charge in [-0.3, -0.25) is 25.2 Å². The van der Waals surface area contributed by atoms with Crippen LogP contribution in [-0.4, -0.2) is 53.7 Å². The molecule has 1 aliphatic rings. The number of rotatable bonds is 7. The first-order valence-electron chi connectivity index (χ1n) is 13.4. The van der Waals surface area contributed by atoms with Crippen LogP contribution in [0, 0.1) is 5.41 Å². The van der Waals surface area contributed by atoms with E-state index < -0.39 is 59.2 Å². The molecule has 0 bridgehead atoms. The molecule has 0 aliphatic carbocycles. The Hall–Kier alpha value is -4.01. The number of amides is 4. The number of alkyl carbamates (subject to hydrolysis) is 1. The largest absolute Gasteiger partial charge is 0.461 e. The van der Waals surface area contributed by atoms with Gasteiger partial charge >= 0.3 is 18.6 Å². The van der Waals surface area contributed by atoms with E-state index in [0.717, 1.165) is 12.1 Å². The maximum absolute atomic E-state index is 13.8. The van der Waals surface area contributed by atoms with Gasteiger partial charge in [-0.2, -0.15) is 17.6 Å². The third kappa shape index (κ3) is 9.24. The lowest BCUT2D eigenvalue weighted by molar-refractivity contribution is -0.253. The Labute approximate surface area is 256 Å². The molecule has 0 saturated heterocycles. The van der Waals surface area contributed by atoms with Crippen molar-refractivity contribution in [3.63, 3.8) is 0 Å². The number of hydrogen-bond acceptors (Lipinski definition) is 7. The van der Waals surface area contributed by atoms with Crippen molar-refractivity contribution in [1.29, 1.82) is 0 Å². The number of carbonyl (C=O) groups is 4. The van der Waals surface area contributed by atoms with Crippen molar-refractivity contribution >= 4 is 41.3 Å². The fourth-order valence-corrected chi connectivity index (χ4v) is 4.73. The topological polar surface area (TPSA) is 126 Å². The lowest BCUT2D eigenvalue weighted by Gasteiger charge is -2.27. The molecule has 1 atom stereocenters. The smallest absolute Gasteiger partial charge is 0.444 e. The van der Waals surface area contributed by atoms with Crippen LogP contribution in [0.5, 0.6) is 5.75 Å². The molecule has 3 rings (SSSR count). The zero-order valence-electron chi connectivity index (χ0n) is 24.9. The third-order valence-corrected chi connectivity index (χ3v) is 7.07. The molecule has 2 aromatic carbocycles. The number of benzene rings is 2. The minimum Gasteiger partial charge on any atom is -0.444 e. The van der Waals surface area contributed by atoms with Crippen molar-refractivity contribution < 1.29 is 46.2 Å². The molecular weight excluding hydrogens is 608 g/mol. The second-order valence-electron chi connectivity index (χ2n) is 11.9. The van der Waals surface area contributed by atoms with Crippen LogP contribution in [0.3, 0.4) is 0 Å². The van der Waals surface area contributed by atoms with E-state index in [-0.39, 0.29) is 17.9 Å². The molecule has 10 nitrogen and oxygen atoms in total. The summed E-state index contributed by atoms with van der Waals surface area (Å²) in [4.78, 5) is 53.3. The number of anilines is 1. The summed E-state index contributed by atoms with van der Waals surface area (Å²) in [5.41, 5.74) is 3.89. The van der Waals surface area contributed by atoms with Gasteiger partial charge in [0, 0.05) is 21.6 Å². The quantitative estimate of drug-likeness (QED) is 0.278. The monoisotopic (exact) mass is 642 g/mol. The van der Waals surface area contributed by atoms with E-state index in [1.807, 2.05) is 0 Å². The molecule has 1 heterocycles. The van der Waals surface area contributed by atoms with Crippen LogP contribution in [0.4, 0.5) is 28.0 Å². The molecule has 0 unspecified atom stereocenters. The maximum atomic E-state index is 13.8. The van der Waals surface area contributed by atoms with Crippen molar-refractivity contribution in [1.82, 2.24) is 16.2 Å². The van der Waals surface area contributed by atoms with Gasteiger partial charge < -0.3 is 19.7 Å². The number of carbonyl (C=O) groups excluding carboxylic acids is 4. The highest BCUT2D eigenvalue weighted by Gasteiger charge is 2.44. The predicted molar refractivity (Wildman–Crippen MR) is 155 cm³/mol. The maximum Gasteiger partial charge on any atom is 0.461 e. The van der Waals surface area contributed by atoms with Crippen molar-refractivity contribution in [2.75, 3.05) is 10.7 Å². The molecule has 3 N–H and O–H groups in total. The molecule has 44 heavy (non-hydrogen) atoms. The van der Waals surface area contributed by atoms with Gasteiger partial charge in [0.25, 0.3) is 11.8 Å². The molecule has 2 aromatic rings. The van der Waals surface area contributed by atoms with Crippen LogP contribution < -0.4 is 25.8 Å². The van der Waals surface area contributed by atoms with E-state index in [2.05, 4.69) is 20.9 Å². The number of hydrazine groups is 1. The highest BCUT2D eigenvalue weighted by atomic mass is 32.2. The summed E-state index contributed by atoms with van der Waals surface area (Å²) in [6.45, 7) is 9.85. The Morgan fingerprint density at radius 3 is 2.20 bits per heavy atom. The van der Waals surface area contributed by atoms with Crippen molar-refractivity contribution in [2.45, 2.75) is 77.2 Å². The van der Waals surface area contributed by atoms with E-state index in [1.165, 1.54) is 40.9 Å². The highest BCUT2D eigenvalue weighted by molar-refractivity contribution is 7.99. The Balaban J connectivity index is 1.93. The van der Waals surface area contributed by atoms with Crippen LogP contribution in [0.15, 0.2) is 47.4 Å². The number of fused-ring (bicyclic) bond motifs is 1. The second kappa shape index (κ2) is 13.3. The van der Waals surface area contributed by atoms with Crippen LogP contribution in [0.25, 0.3) is 0 Å². The van der Waals surface area contributed by atoms with Crippen LogP contribution in [0.1, 0.15) is 57.5 Å². The predicted octanol–water partition coefficient (Wildman–Crippen LogP) is 5.26. The molecule has 0 fully saturated rings. The SMILES string of the molecule is CC(C)(C)OC(=O)N[C@H]1CSc2ccc(C(=O)NNC(=O)C(C)(C)C)cc2N(Cc2ccc(OC(F)(F)C(F)F)cc2)C1=O. The number of ether oxygens (including phenoxy) is 2. The second-order valence-corrected chi connectivity index (χ2v) is 12.9. The number of thioether (sulfide) groups is 1. The van der Waals surface area contributed by atoms with Crippen LogP contribution in [0.2, 0.25) is 0 Å².